The van der Waals surface area contributed by atoms with E-state index in [4.69, 9.17) is 0 Å². The largest absolute Gasteiger partial charge is 0.390 e. The van der Waals surface area contributed by atoms with Crippen LogP contribution in [0.15, 0.2) is 36.8 Å². The minimum absolute atomic E-state index is 0.0837. The van der Waals surface area contributed by atoms with Crippen LogP contribution < -0.4 is 4.90 Å². The molecule has 1 aliphatic heterocycles. The summed E-state index contributed by atoms with van der Waals surface area (Å²) in [7, 11) is 0. The second kappa shape index (κ2) is 7.63. The Morgan fingerprint density at radius 1 is 1.14 bits per heavy atom. The Balaban J connectivity index is 1.57. The molecule has 1 amide bonds. The zero-order valence-corrected chi connectivity index (χ0v) is 15.1. The molecule has 0 radical (unpaired) electrons. The first-order chi connectivity index (χ1) is 14.0. The molecular weight excluding hydrogens is 387 g/mol. The van der Waals surface area contributed by atoms with Gasteiger partial charge in [0.05, 0.1) is 42.3 Å². The standard InChI is InChI=1S/C19H16F3N5O2/c20-14-6-11(7-15(21)18(14)22)5-12-2-4-26(19(12)29)16-9-25-27(17(16)10-28)13-1-3-23-24-8-13/h1,3,6-9,12,28H,2,4-5,10H2. The fourth-order valence-electron chi connectivity index (χ4n) is 3.55. The third kappa shape index (κ3) is 3.46. The van der Waals surface area contributed by atoms with Crippen LogP contribution in [0.25, 0.3) is 5.69 Å². The number of benzene rings is 1. The molecule has 1 aliphatic rings. The maximum atomic E-state index is 13.5. The Kier molecular flexibility index (Phi) is 5.01. The number of anilines is 1. The van der Waals surface area contributed by atoms with Crippen molar-refractivity contribution in [1.29, 1.82) is 0 Å². The molecule has 1 saturated heterocycles. The maximum absolute atomic E-state index is 13.5. The summed E-state index contributed by atoms with van der Waals surface area (Å²) >= 11 is 0. The molecule has 1 N–H and O–H groups in total. The van der Waals surface area contributed by atoms with Crippen LogP contribution in [0.1, 0.15) is 17.7 Å². The summed E-state index contributed by atoms with van der Waals surface area (Å²) in [6.45, 7) is 0.00341. The highest BCUT2D eigenvalue weighted by molar-refractivity contribution is 5.97. The van der Waals surface area contributed by atoms with Crippen molar-refractivity contribution in [2.24, 2.45) is 5.92 Å². The molecule has 10 heteroatoms. The molecule has 150 valence electrons. The Morgan fingerprint density at radius 3 is 2.55 bits per heavy atom. The molecule has 2 aromatic heterocycles. The third-order valence-electron chi connectivity index (χ3n) is 4.94. The van der Waals surface area contributed by atoms with Crippen molar-refractivity contribution in [2.75, 3.05) is 11.4 Å². The molecule has 3 heterocycles. The number of rotatable bonds is 5. The number of aliphatic hydroxyl groups excluding tert-OH is 1. The van der Waals surface area contributed by atoms with Crippen LogP contribution in [0.4, 0.5) is 18.9 Å². The fourth-order valence-corrected chi connectivity index (χ4v) is 3.55. The van der Waals surface area contributed by atoms with Gasteiger partial charge in [0, 0.05) is 12.5 Å². The number of halogens is 3. The summed E-state index contributed by atoms with van der Waals surface area (Å²) in [5, 5.41) is 21.5. The van der Waals surface area contributed by atoms with Crippen LogP contribution in [0, 0.1) is 23.4 Å². The number of amides is 1. The predicted molar refractivity (Wildman–Crippen MR) is 95.6 cm³/mol. The lowest BCUT2D eigenvalue weighted by Gasteiger charge is -2.17. The summed E-state index contributed by atoms with van der Waals surface area (Å²) < 4.78 is 41.5. The van der Waals surface area contributed by atoms with E-state index in [-0.39, 0.29) is 24.5 Å². The third-order valence-corrected chi connectivity index (χ3v) is 4.94. The lowest BCUT2D eigenvalue weighted by molar-refractivity contribution is -0.120. The van der Waals surface area contributed by atoms with E-state index in [1.807, 2.05) is 0 Å². The minimum atomic E-state index is -1.53. The molecule has 0 saturated carbocycles. The van der Waals surface area contributed by atoms with E-state index < -0.39 is 23.4 Å². The monoisotopic (exact) mass is 403 g/mol. The molecule has 0 bridgehead atoms. The van der Waals surface area contributed by atoms with Crippen molar-refractivity contribution in [3.05, 3.63) is 65.5 Å². The molecule has 29 heavy (non-hydrogen) atoms. The molecule has 1 aromatic carbocycles. The van der Waals surface area contributed by atoms with E-state index in [0.29, 0.717) is 30.0 Å². The first-order valence-corrected chi connectivity index (χ1v) is 8.89. The molecule has 1 unspecified atom stereocenters. The average molecular weight is 403 g/mol. The molecule has 7 nitrogen and oxygen atoms in total. The minimum Gasteiger partial charge on any atom is -0.390 e. The molecule has 4 rings (SSSR count). The number of aliphatic hydroxyl groups is 1. The smallest absolute Gasteiger partial charge is 0.230 e. The highest BCUT2D eigenvalue weighted by Gasteiger charge is 2.35. The van der Waals surface area contributed by atoms with Gasteiger partial charge in [0.2, 0.25) is 5.91 Å². The van der Waals surface area contributed by atoms with Gasteiger partial charge in [-0.05, 0) is 36.6 Å². The van der Waals surface area contributed by atoms with E-state index in [1.54, 1.807) is 6.07 Å². The van der Waals surface area contributed by atoms with Crippen LogP contribution >= 0.6 is 0 Å². The molecule has 0 spiro atoms. The molecule has 1 atom stereocenters. The van der Waals surface area contributed by atoms with Gasteiger partial charge in [0.1, 0.15) is 0 Å². The normalized spacial score (nSPS) is 16.6. The number of carbonyl (C=O) groups is 1. The number of aromatic nitrogens is 4. The first kappa shape index (κ1) is 19.1. The average Bonchev–Trinajstić information content (AvgIpc) is 3.30. The van der Waals surface area contributed by atoms with E-state index in [9.17, 15) is 23.1 Å². The number of hydrogen-bond acceptors (Lipinski definition) is 5. The van der Waals surface area contributed by atoms with E-state index >= 15 is 0 Å². The first-order valence-electron chi connectivity index (χ1n) is 8.89. The van der Waals surface area contributed by atoms with E-state index in [2.05, 4.69) is 15.3 Å². The van der Waals surface area contributed by atoms with Gasteiger partial charge in [-0.1, -0.05) is 0 Å². The SMILES string of the molecule is O=C1C(Cc2cc(F)c(F)c(F)c2)CCN1c1cnn(-c2ccnnc2)c1CO. The molecule has 0 aliphatic carbocycles. The van der Waals surface area contributed by atoms with E-state index in [0.717, 1.165) is 12.1 Å². The van der Waals surface area contributed by atoms with Crippen LogP contribution in [-0.4, -0.2) is 37.5 Å². The molecule has 1 fully saturated rings. The second-order valence-corrected chi connectivity index (χ2v) is 6.70. The van der Waals surface area contributed by atoms with Gasteiger partial charge in [-0.2, -0.15) is 15.3 Å². The summed E-state index contributed by atoms with van der Waals surface area (Å²) in [4.78, 5) is 14.4. The topological polar surface area (TPSA) is 84.1 Å². The fraction of sp³-hybridized carbons (Fsp3) is 0.263. The summed E-state index contributed by atoms with van der Waals surface area (Å²) in [6.07, 6.45) is 4.97. The second-order valence-electron chi connectivity index (χ2n) is 6.70. The van der Waals surface area contributed by atoms with E-state index in [1.165, 1.54) is 28.2 Å². The van der Waals surface area contributed by atoms with Crippen LogP contribution in [-0.2, 0) is 17.8 Å². The van der Waals surface area contributed by atoms with Crippen LogP contribution in [0.5, 0.6) is 0 Å². The van der Waals surface area contributed by atoms with Crippen molar-refractivity contribution in [3.63, 3.8) is 0 Å². The Bertz CT molecular complexity index is 1030. The van der Waals surface area contributed by atoms with Crippen LogP contribution in [0.2, 0.25) is 0 Å². The Hall–Kier alpha value is -3.27. The van der Waals surface area contributed by atoms with Gasteiger partial charge in [-0.3, -0.25) is 4.79 Å². The number of carbonyl (C=O) groups excluding carboxylic acids is 1. The van der Waals surface area contributed by atoms with Crippen molar-refractivity contribution in [3.8, 4) is 5.69 Å². The number of hydrogen-bond donors (Lipinski definition) is 1. The highest BCUT2D eigenvalue weighted by atomic mass is 19.2. The lowest BCUT2D eigenvalue weighted by Crippen LogP contribution is -2.28. The van der Waals surface area contributed by atoms with Gasteiger partial charge in [-0.15, -0.1) is 0 Å². The summed E-state index contributed by atoms with van der Waals surface area (Å²) in [5.74, 6) is -4.86. The van der Waals surface area contributed by atoms with Crippen LogP contribution in [0.3, 0.4) is 0 Å². The van der Waals surface area contributed by atoms with Gasteiger partial charge in [0.15, 0.2) is 17.5 Å². The molecule has 3 aromatic rings. The van der Waals surface area contributed by atoms with Crippen molar-refractivity contribution >= 4 is 11.6 Å². The van der Waals surface area contributed by atoms with Crippen molar-refractivity contribution in [2.45, 2.75) is 19.4 Å². The van der Waals surface area contributed by atoms with Gasteiger partial charge >= 0.3 is 0 Å². The van der Waals surface area contributed by atoms with Crippen molar-refractivity contribution < 1.29 is 23.1 Å². The predicted octanol–water partition coefficient (Wildman–Crippen LogP) is 2.17. The highest BCUT2D eigenvalue weighted by Crippen LogP contribution is 2.31. The quantitative estimate of drug-likeness (QED) is 0.660. The van der Waals surface area contributed by atoms with Gasteiger partial charge < -0.3 is 10.0 Å². The summed E-state index contributed by atoms with van der Waals surface area (Å²) in [6, 6.07) is 3.47. The Labute approximate surface area is 163 Å². The lowest BCUT2D eigenvalue weighted by atomic mass is 9.98. The maximum Gasteiger partial charge on any atom is 0.230 e. The zero-order valence-electron chi connectivity index (χ0n) is 15.1. The number of nitrogens with zero attached hydrogens (tertiary/aromatic N) is 5. The van der Waals surface area contributed by atoms with Gasteiger partial charge in [-0.25, -0.2) is 17.9 Å². The Morgan fingerprint density at radius 2 is 1.90 bits per heavy atom. The van der Waals surface area contributed by atoms with Crippen molar-refractivity contribution in [1.82, 2.24) is 20.0 Å². The van der Waals surface area contributed by atoms with Gasteiger partial charge in [0.25, 0.3) is 0 Å². The summed E-state index contributed by atoms with van der Waals surface area (Å²) in [5.41, 5.74) is 1.65. The zero-order chi connectivity index (χ0) is 20.5. The molecular formula is C19H16F3N5O2.